The number of nitrogens with one attached hydrogen (secondary N) is 1. The minimum Gasteiger partial charge on any atom is -0.474 e. The first kappa shape index (κ1) is 17.6. The molecule has 0 spiro atoms. The third-order valence-electron chi connectivity index (χ3n) is 4.47. The van der Waals surface area contributed by atoms with Crippen LogP contribution in [0.25, 0.3) is 0 Å². The number of pyridine rings is 1. The van der Waals surface area contributed by atoms with Gasteiger partial charge in [-0.15, -0.1) is 0 Å². The van der Waals surface area contributed by atoms with E-state index in [-0.39, 0.29) is 12.1 Å². The highest BCUT2D eigenvalue weighted by molar-refractivity contribution is 7.87. The summed E-state index contributed by atoms with van der Waals surface area (Å²) < 4.78 is 40.1. The molecule has 1 aliphatic carbocycles. The molecule has 7 nitrogen and oxygen atoms in total. The van der Waals surface area contributed by atoms with Gasteiger partial charge < -0.3 is 9.47 Å². The van der Waals surface area contributed by atoms with Gasteiger partial charge in [-0.3, -0.25) is 0 Å². The van der Waals surface area contributed by atoms with Gasteiger partial charge in [-0.1, -0.05) is 6.07 Å². The zero-order valence-corrected chi connectivity index (χ0v) is 14.8. The predicted octanol–water partition coefficient (Wildman–Crippen LogP) is 1.25. The Bertz CT molecular complexity index is 621. The first-order valence-corrected chi connectivity index (χ1v) is 9.91. The van der Waals surface area contributed by atoms with Gasteiger partial charge in [-0.05, 0) is 38.2 Å². The van der Waals surface area contributed by atoms with Crippen LogP contribution in [0.5, 0.6) is 5.88 Å². The molecule has 0 bridgehead atoms. The minimum atomic E-state index is -3.41. The zero-order valence-electron chi connectivity index (χ0n) is 14.0. The standard InChI is InChI=1S/C16H25N3O4S/c1-13-2-7-16(17-12-13)23-15-5-3-14(4-6-15)18-24(20,21)19-8-10-22-11-9-19/h2,7,12,14-15,18H,3-6,8-11H2,1H3. The first-order chi connectivity index (χ1) is 11.5. The highest BCUT2D eigenvalue weighted by Gasteiger charge is 2.30. The van der Waals surface area contributed by atoms with Crippen molar-refractivity contribution in [3.8, 4) is 5.88 Å². The summed E-state index contributed by atoms with van der Waals surface area (Å²) >= 11 is 0. The quantitative estimate of drug-likeness (QED) is 0.860. The van der Waals surface area contributed by atoms with Crippen molar-refractivity contribution in [2.45, 2.75) is 44.8 Å². The van der Waals surface area contributed by atoms with E-state index < -0.39 is 10.2 Å². The van der Waals surface area contributed by atoms with Gasteiger partial charge in [0.1, 0.15) is 6.10 Å². The Kier molecular flexibility index (Phi) is 5.70. The van der Waals surface area contributed by atoms with Crippen LogP contribution in [0.4, 0.5) is 0 Å². The van der Waals surface area contributed by atoms with E-state index in [1.807, 2.05) is 19.1 Å². The van der Waals surface area contributed by atoms with Crippen molar-refractivity contribution in [2.75, 3.05) is 26.3 Å². The Morgan fingerprint density at radius 2 is 1.92 bits per heavy atom. The van der Waals surface area contributed by atoms with E-state index in [0.717, 1.165) is 31.2 Å². The number of ether oxygens (including phenoxy) is 2. The maximum absolute atomic E-state index is 12.4. The van der Waals surface area contributed by atoms with E-state index in [1.165, 1.54) is 4.31 Å². The highest BCUT2D eigenvalue weighted by Crippen LogP contribution is 2.23. The molecule has 0 aromatic carbocycles. The fraction of sp³-hybridized carbons (Fsp3) is 0.688. The molecule has 0 amide bonds. The summed E-state index contributed by atoms with van der Waals surface area (Å²) in [6.45, 7) is 3.76. The zero-order chi connectivity index (χ0) is 17.0. The maximum atomic E-state index is 12.4. The van der Waals surface area contributed by atoms with Crippen molar-refractivity contribution < 1.29 is 17.9 Å². The van der Waals surface area contributed by atoms with Crippen LogP contribution >= 0.6 is 0 Å². The molecule has 2 fully saturated rings. The summed E-state index contributed by atoms with van der Waals surface area (Å²) in [5.74, 6) is 0.637. The molecule has 0 unspecified atom stereocenters. The molecule has 2 aliphatic rings. The topological polar surface area (TPSA) is 80.8 Å². The molecular weight excluding hydrogens is 330 g/mol. The Labute approximate surface area is 143 Å². The number of nitrogens with zero attached hydrogens (tertiary/aromatic N) is 2. The molecule has 8 heteroatoms. The van der Waals surface area contributed by atoms with Crippen LogP contribution < -0.4 is 9.46 Å². The number of morpholine rings is 1. The average molecular weight is 355 g/mol. The van der Waals surface area contributed by atoms with E-state index in [1.54, 1.807) is 6.20 Å². The lowest BCUT2D eigenvalue weighted by atomic mass is 9.94. The third-order valence-corrected chi connectivity index (χ3v) is 6.15. The molecule has 1 saturated heterocycles. The first-order valence-electron chi connectivity index (χ1n) is 8.47. The maximum Gasteiger partial charge on any atom is 0.279 e. The van der Waals surface area contributed by atoms with E-state index in [9.17, 15) is 8.42 Å². The van der Waals surface area contributed by atoms with Crippen LogP contribution in [-0.2, 0) is 14.9 Å². The normalized spacial score (nSPS) is 26.2. The Balaban J connectivity index is 1.47. The highest BCUT2D eigenvalue weighted by atomic mass is 32.2. The lowest BCUT2D eigenvalue weighted by Crippen LogP contribution is -2.50. The second-order valence-corrected chi connectivity index (χ2v) is 8.10. The molecule has 0 atom stereocenters. The van der Waals surface area contributed by atoms with Gasteiger partial charge in [0.15, 0.2) is 0 Å². The van der Waals surface area contributed by atoms with E-state index >= 15 is 0 Å². The van der Waals surface area contributed by atoms with E-state index in [4.69, 9.17) is 9.47 Å². The molecule has 1 aromatic heterocycles. The predicted molar refractivity (Wildman–Crippen MR) is 90.1 cm³/mol. The molecule has 2 heterocycles. The second kappa shape index (κ2) is 7.77. The SMILES string of the molecule is Cc1ccc(OC2CCC(NS(=O)(=O)N3CCOCC3)CC2)nc1. The fourth-order valence-electron chi connectivity index (χ4n) is 3.07. The lowest BCUT2D eigenvalue weighted by molar-refractivity contribution is 0.0719. The van der Waals surface area contributed by atoms with Crippen LogP contribution in [0.1, 0.15) is 31.2 Å². The van der Waals surface area contributed by atoms with E-state index in [2.05, 4.69) is 9.71 Å². The van der Waals surface area contributed by atoms with Gasteiger partial charge in [0.05, 0.1) is 13.2 Å². The van der Waals surface area contributed by atoms with Crippen molar-refractivity contribution in [3.63, 3.8) is 0 Å². The average Bonchev–Trinajstić information content (AvgIpc) is 2.59. The smallest absolute Gasteiger partial charge is 0.279 e. The van der Waals surface area contributed by atoms with Gasteiger partial charge in [-0.25, -0.2) is 4.98 Å². The minimum absolute atomic E-state index is 0.0244. The van der Waals surface area contributed by atoms with Gasteiger partial charge in [-0.2, -0.15) is 17.4 Å². The monoisotopic (exact) mass is 355 g/mol. The Hall–Kier alpha value is -1.22. The summed E-state index contributed by atoms with van der Waals surface area (Å²) in [5, 5.41) is 0. The second-order valence-electron chi connectivity index (χ2n) is 6.40. The van der Waals surface area contributed by atoms with Crippen LogP contribution in [0.2, 0.25) is 0 Å². The molecule has 1 saturated carbocycles. The van der Waals surface area contributed by atoms with Crippen molar-refractivity contribution in [1.82, 2.24) is 14.0 Å². The van der Waals surface area contributed by atoms with Gasteiger partial charge >= 0.3 is 0 Å². The number of hydrogen-bond acceptors (Lipinski definition) is 5. The Morgan fingerprint density at radius 3 is 2.54 bits per heavy atom. The molecule has 1 aliphatic heterocycles. The van der Waals surface area contributed by atoms with Crippen LogP contribution in [0.3, 0.4) is 0 Å². The number of rotatable bonds is 5. The van der Waals surface area contributed by atoms with Crippen LogP contribution in [0.15, 0.2) is 18.3 Å². The van der Waals surface area contributed by atoms with Crippen molar-refractivity contribution >= 4 is 10.2 Å². The van der Waals surface area contributed by atoms with Gasteiger partial charge in [0.2, 0.25) is 5.88 Å². The molecule has 3 rings (SSSR count). The molecule has 24 heavy (non-hydrogen) atoms. The summed E-state index contributed by atoms with van der Waals surface area (Å²) in [4.78, 5) is 4.26. The van der Waals surface area contributed by atoms with Crippen molar-refractivity contribution in [3.05, 3.63) is 23.9 Å². The van der Waals surface area contributed by atoms with Crippen molar-refractivity contribution in [2.24, 2.45) is 0 Å². The fourth-order valence-corrected chi connectivity index (χ4v) is 4.50. The van der Waals surface area contributed by atoms with Gasteiger partial charge in [0.25, 0.3) is 10.2 Å². The van der Waals surface area contributed by atoms with Crippen molar-refractivity contribution in [1.29, 1.82) is 0 Å². The molecular formula is C16H25N3O4S. The summed E-state index contributed by atoms with van der Waals surface area (Å²) in [7, 11) is -3.41. The largest absolute Gasteiger partial charge is 0.474 e. The van der Waals surface area contributed by atoms with Crippen LogP contribution in [0, 0.1) is 6.92 Å². The molecule has 134 valence electrons. The molecule has 1 aromatic rings. The summed E-state index contributed by atoms with van der Waals surface area (Å²) in [5.41, 5.74) is 1.10. The van der Waals surface area contributed by atoms with E-state index in [0.29, 0.717) is 32.2 Å². The van der Waals surface area contributed by atoms with Gasteiger partial charge in [0, 0.05) is 31.4 Å². The van der Waals surface area contributed by atoms with Crippen LogP contribution in [-0.4, -0.2) is 56.2 Å². The lowest BCUT2D eigenvalue weighted by Gasteiger charge is -2.32. The molecule has 1 N–H and O–H groups in total. The number of hydrogen-bond donors (Lipinski definition) is 1. The number of aromatic nitrogens is 1. The number of aryl methyl sites for hydroxylation is 1. The molecule has 0 radical (unpaired) electrons. The Morgan fingerprint density at radius 1 is 1.21 bits per heavy atom. The third kappa shape index (κ3) is 4.66. The summed E-state index contributed by atoms with van der Waals surface area (Å²) in [6.07, 6.45) is 5.10. The summed E-state index contributed by atoms with van der Waals surface area (Å²) in [6, 6.07) is 3.83.